The molecule has 0 saturated heterocycles. The lowest BCUT2D eigenvalue weighted by atomic mass is 9.81. The van der Waals surface area contributed by atoms with Gasteiger partial charge in [0.25, 0.3) is 0 Å². The third kappa shape index (κ3) is 2.51. The Morgan fingerprint density at radius 3 is 2.33 bits per heavy atom. The molecule has 0 aliphatic rings. The Hall–Kier alpha value is -1.02. The van der Waals surface area contributed by atoms with E-state index in [4.69, 9.17) is 10.5 Å². The van der Waals surface area contributed by atoms with Crippen LogP contribution >= 0.6 is 0 Å². The first-order chi connectivity index (χ1) is 6.88. The van der Waals surface area contributed by atoms with Crippen LogP contribution in [0.1, 0.15) is 37.9 Å². The van der Waals surface area contributed by atoms with Crippen LogP contribution < -0.4 is 10.5 Å². The van der Waals surface area contributed by atoms with E-state index in [1.807, 2.05) is 12.1 Å². The van der Waals surface area contributed by atoms with Crippen molar-refractivity contribution in [3.8, 4) is 5.75 Å². The molecule has 0 fully saturated rings. The third-order valence-corrected chi connectivity index (χ3v) is 2.81. The Morgan fingerprint density at radius 1 is 1.27 bits per heavy atom. The van der Waals surface area contributed by atoms with Crippen LogP contribution in [0.5, 0.6) is 5.75 Å². The van der Waals surface area contributed by atoms with Gasteiger partial charge in [-0.15, -0.1) is 0 Å². The molecule has 2 nitrogen and oxygen atoms in total. The summed E-state index contributed by atoms with van der Waals surface area (Å²) in [4.78, 5) is 0. The maximum atomic E-state index is 6.24. The van der Waals surface area contributed by atoms with Gasteiger partial charge in [0.15, 0.2) is 0 Å². The molecule has 84 valence electrons. The molecule has 1 atom stereocenters. The fourth-order valence-electron chi connectivity index (χ4n) is 1.66. The SMILES string of the molecule is COc1cccc([C@H](N)C(C)(C)C)c1C. The second-order valence-electron chi connectivity index (χ2n) is 5.02. The van der Waals surface area contributed by atoms with Crippen molar-refractivity contribution in [2.45, 2.75) is 33.7 Å². The summed E-state index contributed by atoms with van der Waals surface area (Å²) in [5, 5.41) is 0. The van der Waals surface area contributed by atoms with Gasteiger partial charge in [-0.2, -0.15) is 0 Å². The molecule has 0 aromatic heterocycles. The standard InChI is InChI=1S/C13H21NO/c1-9-10(12(14)13(2,3)4)7-6-8-11(9)15-5/h6-8,12H,14H2,1-5H3/t12-/m0/s1. The molecule has 0 aliphatic heterocycles. The molecule has 0 spiro atoms. The Bertz CT molecular complexity index is 339. The Kier molecular flexibility index (Phi) is 3.40. The lowest BCUT2D eigenvalue weighted by molar-refractivity contribution is 0.324. The van der Waals surface area contributed by atoms with E-state index < -0.39 is 0 Å². The molecular weight excluding hydrogens is 186 g/mol. The van der Waals surface area contributed by atoms with Crippen molar-refractivity contribution in [2.24, 2.45) is 11.1 Å². The summed E-state index contributed by atoms with van der Waals surface area (Å²) >= 11 is 0. The molecule has 0 saturated carbocycles. The number of hydrogen-bond acceptors (Lipinski definition) is 2. The zero-order valence-corrected chi connectivity index (χ0v) is 10.3. The summed E-state index contributed by atoms with van der Waals surface area (Å²) in [6, 6.07) is 6.07. The van der Waals surface area contributed by atoms with Crippen LogP contribution in [0.3, 0.4) is 0 Å². The maximum Gasteiger partial charge on any atom is 0.122 e. The lowest BCUT2D eigenvalue weighted by Crippen LogP contribution is -2.27. The zero-order chi connectivity index (χ0) is 11.6. The largest absolute Gasteiger partial charge is 0.496 e. The van der Waals surface area contributed by atoms with Crippen LogP contribution in [0.15, 0.2) is 18.2 Å². The van der Waals surface area contributed by atoms with Gasteiger partial charge in [-0.1, -0.05) is 32.9 Å². The first kappa shape index (κ1) is 12.1. The summed E-state index contributed by atoms with van der Waals surface area (Å²) < 4.78 is 5.29. The van der Waals surface area contributed by atoms with Gasteiger partial charge >= 0.3 is 0 Å². The number of ether oxygens (including phenoxy) is 1. The van der Waals surface area contributed by atoms with Crippen molar-refractivity contribution in [2.75, 3.05) is 7.11 Å². The van der Waals surface area contributed by atoms with Crippen molar-refractivity contribution in [1.82, 2.24) is 0 Å². The van der Waals surface area contributed by atoms with E-state index >= 15 is 0 Å². The molecule has 0 heterocycles. The third-order valence-electron chi connectivity index (χ3n) is 2.81. The fourth-order valence-corrected chi connectivity index (χ4v) is 1.66. The zero-order valence-electron chi connectivity index (χ0n) is 10.3. The monoisotopic (exact) mass is 207 g/mol. The van der Waals surface area contributed by atoms with Gasteiger partial charge < -0.3 is 10.5 Å². The van der Waals surface area contributed by atoms with Crippen molar-refractivity contribution in [3.63, 3.8) is 0 Å². The van der Waals surface area contributed by atoms with Gasteiger partial charge in [-0.25, -0.2) is 0 Å². The number of nitrogens with two attached hydrogens (primary N) is 1. The van der Waals surface area contributed by atoms with E-state index in [0.717, 1.165) is 11.3 Å². The van der Waals surface area contributed by atoms with Gasteiger partial charge in [-0.3, -0.25) is 0 Å². The summed E-state index contributed by atoms with van der Waals surface area (Å²) in [5.41, 5.74) is 8.62. The molecule has 2 heteroatoms. The smallest absolute Gasteiger partial charge is 0.122 e. The minimum atomic E-state index is 0.0348. The number of rotatable bonds is 2. The Labute approximate surface area is 92.4 Å². The molecule has 2 N–H and O–H groups in total. The van der Waals surface area contributed by atoms with Crippen LogP contribution in [0.25, 0.3) is 0 Å². The Morgan fingerprint density at radius 2 is 1.87 bits per heavy atom. The van der Waals surface area contributed by atoms with Crippen molar-refractivity contribution in [1.29, 1.82) is 0 Å². The van der Waals surface area contributed by atoms with E-state index in [1.165, 1.54) is 5.56 Å². The summed E-state index contributed by atoms with van der Waals surface area (Å²) in [6.45, 7) is 8.50. The lowest BCUT2D eigenvalue weighted by Gasteiger charge is -2.29. The molecule has 0 aliphatic carbocycles. The summed E-state index contributed by atoms with van der Waals surface area (Å²) in [5.74, 6) is 0.909. The number of benzene rings is 1. The average molecular weight is 207 g/mol. The molecule has 1 aromatic rings. The van der Waals surface area contributed by atoms with Gasteiger partial charge in [0.2, 0.25) is 0 Å². The van der Waals surface area contributed by atoms with Gasteiger partial charge in [0, 0.05) is 6.04 Å². The van der Waals surface area contributed by atoms with E-state index in [-0.39, 0.29) is 11.5 Å². The predicted octanol–water partition coefficient (Wildman–Crippen LogP) is 3.05. The highest BCUT2D eigenvalue weighted by molar-refractivity contribution is 5.41. The Balaban J connectivity index is 3.15. The molecule has 0 amide bonds. The van der Waals surface area contributed by atoms with Crippen LogP contribution in [0.4, 0.5) is 0 Å². The summed E-state index contributed by atoms with van der Waals surface area (Å²) in [6.07, 6.45) is 0. The second-order valence-corrected chi connectivity index (χ2v) is 5.02. The van der Waals surface area contributed by atoms with E-state index in [1.54, 1.807) is 7.11 Å². The summed E-state index contributed by atoms with van der Waals surface area (Å²) in [7, 11) is 1.69. The highest BCUT2D eigenvalue weighted by Gasteiger charge is 2.24. The second kappa shape index (κ2) is 4.23. The quantitative estimate of drug-likeness (QED) is 0.809. The molecule has 1 rings (SSSR count). The van der Waals surface area contributed by atoms with Crippen LogP contribution in [-0.2, 0) is 0 Å². The average Bonchev–Trinajstić information content (AvgIpc) is 2.16. The molecule has 15 heavy (non-hydrogen) atoms. The maximum absolute atomic E-state index is 6.24. The molecule has 0 bridgehead atoms. The molecule has 1 aromatic carbocycles. The molecular formula is C13H21NO. The van der Waals surface area contributed by atoms with Gasteiger partial charge in [0.05, 0.1) is 7.11 Å². The highest BCUT2D eigenvalue weighted by atomic mass is 16.5. The van der Waals surface area contributed by atoms with Crippen LogP contribution in [0, 0.1) is 12.3 Å². The normalized spacial score (nSPS) is 13.7. The van der Waals surface area contributed by atoms with E-state index in [0.29, 0.717) is 0 Å². The van der Waals surface area contributed by atoms with Crippen molar-refractivity contribution >= 4 is 0 Å². The topological polar surface area (TPSA) is 35.2 Å². The first-order valence-corrected chi connectivity index (χ1v) is 5.27. The van der Waals surface area contributed by atoms with Crippen molar-refractivity contribution < 1.29 is 4.74 Å². The van der Waals surface area contributed by atoms with Gasteiger partial charge in [0.1, 0.15) is 5.75 Å². The van der Waals surface area contributed by atoms with Crippen molar-refractivity contribution in [3.05, 3.63) is 29.3 Å². The van der Waals surface area contributed by atoms with E-state index in [2.05, 4.69) is 33.8 Å². The first-order valence-electron chi connectivity index (χ1n) is 5.27. The molecule has 0 unspecified atom stereocenters. The van der Waals surface area contributed by atoms with Crippen LogP contribution in [-0.4, -0.2) is 7.11 Å². The highest BCUT2D eigenvalue weighted by Crippen LogP contribution is 2.34. The minimum absolute atomic E-state index is 0.0348. The van der Waals surface area contributed by atoms with Gasteiger partial charge in [-0.05, 0) is 29.5 Å². The molecule has 0 radical (unpaired) electrons. The number of hydrogen-bond donors (Lipinski definition) is 1. The fraction of sp³-hybridized carbons (Fsp3) is 0.538. The predicted molar refractivity (Wildman–Crippen MR) is 64.1 cm³/mol. The van der Waals surface area contributed by atoms with Crippen LogP contribution in [0.2, 0.25) is 0 Å². The minimum Gasteiger partial charge on any atom is -0.496 e. The van der Waals surface area contributed by atoms with E-state index in [9.17, 15) is 0 Å². The number of methoxy groups -OCH3 is 1.